The van der Waals surface area contributed by atoms with Crippen LogP contribution in [0.25, 0.3) is 10.2 Å². The molecular formula is C25H25N3O5S4. The lowest BCUT2D eigenvalue weighted by atomic mass is 9.96. The maximum Gasteiger partial charge on any atom is 0.252 e. The predicted octanol–water partition coefficient (Wildman–Crippen LogP) is 4.40. The molecule has 0 atom stereocenters. The van der Waals surface area contributed by atoms with E-state index in [9.17, 15) is 21.6 Å². The minimum atomic E-state index is -3.55. The Morgan fingerprint density at radius 3 is 2.41 bits per heavy atom. The molecule has 1 aliphatic rings. The number of amides is 1. The van der Waals surface area contributed by atoms with Crippen molar-refractivity contribution in [1.82, 2.24) is 9.29 Å². The van der Waals surface area contributed by atoms with Crippen molar-refractivity contribution >= 4 is 63.8 Å². The van der Waals surface area contributed by atoms with Gasteiger partial charge in [-0.2, -0.15) is 4.31 Å². The first-order valence-electron chi connectivity index (χ1n) is 11.6. The fourth-order valence-corrected chi connectivity index (χ4v) is 8.69. The Balaban J connectivity index is 1.41. The van der Waals surface area contributed by atoms with E-state index in [0.717, 1.165) is 11.8 Å². The van der Waals surface area contributed by atoms with Crippen molar-refractivity contribution in [3.63, 3.8) is 0 Å². The van der Waals surface area contributed by atoms with Crippen LogP contribution >= 0.6 is 22.7 Å². The van der Waals surface area contributed by atoms with E-state index in [-0.39, 0.29) is 29.8 Å². The molecule has 0 bridgehead atoms. The third-order valence-electron chi connectivity index (χ3n) is 6.35. The van der Waals surface area contributed by atoms with Gasteiger partial charge in [-0.1, -0.05) is 47.7 Å². The molecule has 2 aromatic carbocycles. The van der Waals surface area contributed by atoms with Crippen LogP contribution in [0.2, 0.25) is 0 Å². The molecule has 1 amide bonds. The van der Waals surface area contributed by atoms with Gasteiger partial charge >= 0.3 is 0 Å². The average molecular weight is 576 g/mol. The number of rotatable bonds is 7. The van der Waals surface area contributed by atoms with Crippen molar-refractivity contribution in [2.45, 2.75) is 28.5 Å². The van der Waals surface area contributed by atoms with Gasteiger partial charge in [0.2, 0.25) is 5.91 Å². The van der Waals surface area contributed by atoms with Crippen molar-refractivity contribution in [3.05, 3.63) is 71.6 Å². The highest BCUT2D eigenvalue weighted by molar-refractivity contribution is 7.91. The molecule has 0 radical (unpaired) electrons. The molecule has 12 heteroatoms. The van der Waals surface area contributed by atoms with Gasteiger partial charge in [-0.3, -0.25) is 9.69 Å². The van der Waals surface area contributed by atoms with E-state index in [1.54, 1.807) is 34.5 Å². The Kier molecular flexibility index (Phi) is 7.20. The largest absolute Gasteiger partial charge is 0.283 e. The topological polar surface area (TPSA) is 105 Å². The van der Waals surface area contributed by atoms with Gasteiger partial charge in [0.05, 0.1) is 21.7 Å². The van der Waals surface area contributed by atoms with Gasteiger partial charge < -0.3 is 0 Å². The number of sulfonamides is 1. The van der Waals surface area contributed by atoms with Crippen LogP contribution in [0.15, 0.2) is 75.1 Å². The molecule has 0 N–H and O–H groups in total. The fourth-order valence-electron chi connectivity index (χ4n) is 4.35. The highest BCUT2D eigenvalue weighted by Gasteiger charge is 2.35. The second kappa shape index (κ2) is 10.3. The highest BCUT2D eigenvalue weighted by Crippen LogP contribution is 2.34. The zero-order valence-electron chi connectivity index (χ0n) is 20.0. The van der Waals surface area contributed by atoms with E-state index in [1.807, 2.05) is 30.3 Å². The van der Waals surface area contributed by atoms with Crippen LogP contribution in [0, 0.1) is 5.92 Å². The Hall–Kier alpha value is -2.64. The number of benzene rings is 2. The summed E-state index contributed by atoms with van der Waals surface area (Å²) in [7, 11) is -6.93. The molecule has 2 aromatic heterocycles. The van der Waals surface area contributed by atoms with Crippen LogP contribution in [-0.4, -0.2) is 51.4 Å². The maximum absolute atomic E-state index is 13.8. The number of nitrogens with zero attached hydrogens (tertiary/aromatic N) is 3. The molecule has 0 saturated carbocycles. The summed E-state index contributed by atoms with van der Waals surface area (Å²) in [6.07, 6.45) is 1.99. The number of thiophene rings is 1. The lowest BCUT2D eigenvalue weighted by Crippen LogP contribution is -2.44. The van der Waals surface area contributed by atoms with Crippen molar-refractivity contribution in [1.29, 1.82) is 0 Å². The van der Waals surface area contributed by atoms with E-state index in [4.69, 9.17) is 0 Å². The van der Waals surface area contributed by atoms with Crippen LogP contribution < -0.4 is 4.90 Å². The van der Waals surface area contributed by atoms with E-state index in [2.05, 4.69) is 4.98 Å². The number of carbonyl (C=O) groups is 1. The fraction of sp³-hybridized carbons (Fsp3) is 0.280. The number of hydrogen-bond donors (Lipinski definition) is 0. The molecule has 3 heterocycles. The van der Waals surface area contributed by atoms with Crippen LogP contribution in [0.3, 0.4) is 0 Å². The molecule has 37 heavy (non-hydrogen) atoms. The standard InChI is InChI=1S/C25H25N3O5S4/c1-36(30,31)20-9-10-21-22(16-20)35-25(26-21)28(17-18-6-3-2-4-7-18)24(29)19-11-13-27(14-12-19)37(32,33)23-8-5-15-34-23/h2-10,15-16,19H,11-14,17H2,1H3. The molecule has 1 fully saturated rings. The summed E-state index contributed by atoms with van der Waals surface area (Å²) in [6, 6.07) is 17.7. The quantitative estimate of drug-likeness (QED) is 0.324. The number of anilines is 1. The molecule has 194 valence electrons. The zero-order chi connectivity index (χ0) is 26.2. The van der Waals surface area contributed by atoms with Gasteiger partial charge in [0, 0.05) is 25.3 Å². The Bertz CT molecular complexity index is 1620. The second-order valence-electron chi connectivity index (χ2n) is 8.92. The lowest BCUT2D eigenvalue weighted by Gasteiger charge is -2.32. The van der Waals surface area contributed by atoms with Crippen LogP contribution in [0.5, 0.6) is 0 Å². The molecule has 4 aromatic rings. The Morgan fingerprint density at radius 2 is 1.76 bits per heavy atom. The normalized spacial score (nSPS) is 15.7. The monoisotopic (exact) mass is 575 g/mol. The molecule has 8 nitrogen and oxygen atoms in total. The number of thiazole rings is 1. The molecule has 0 unspecified atom stereocenters. The van der Waals surface area contributed by atoms with E-state index in [0.29, 0.717) is 38.9 Å². The molecule has 0 aliphatic carbocycles. The Morgan fingerprint density at radius 1 is 1.03 bits per heavy atom. The van der Waals surface area contributed by atoms with Crippen LogP contribution in [0.1, 0.15) is 18.4 Å². The van der Waals surface area contributed by atoms with Gasteiger partial charge in [0.25, 0.3) is 10.0 Å². The van der Waals surface area contributed by atoms with Gasteiger partial charge in [-0.15, -0.1) is 11.3 Å². The minimum absolute atomic E-state index is 0.112. The number of hydrogen-bond acceptors (Lipinski definition) is 8. The highest BCUT2D eigenvalue weighted by atomic mass is 32.2. The predicted molar refractivity (Wildman–Crippen MR) is 146 cm³/mol. The molecule has 1 saturated heterocycles. The Labute approximate surface area is 224 Å². The summed E-state index contributed by atoms with van der Waals surface area (Å²) in [6.45, 7) is 0.854. The number of aromatic nitrogens is 1. The molecule has 5 rings (SSSR count). The van der Waals surface area contributed by atoms with Gasteiger partial charge in [0.15, 0.2) is 15.0 Å². The van der Waals surface area contributed by atoms with E-state index >= 15 is 0 Å². The first-order valence-corrected chi connectivity index (χ1v) is 16.7. The summed E-state index contributed by atoms with van der Waals surface area (Å²) in [5, 5.41) is 2.23. The van der Waals surface area contributed by atoms with Crippen molar-refractivity contribution in [2.75, 3.05) is 24.2 Å². The first kappa shape index (κ1) is 26.0. The third-order valence-corrected chi connectivity index (χ3v) is 11.8. The minimum Gasteiger partial charge on any atom is -0.283 e. The third kappa shape index (κ3) is 5.48. The summed E-state index contributed by atoms with van der Waals surface area (Å²) in [5.41, 5.74) is 1.56. The molecule has 0 spiro atoms. The first-order chi connectivity index (χ1) is 17.6. The van der Waals surface area contributed by atoms with E-state index in [1.165, 1.54) is 33.0 Å². The van der Waals surface area contributed by atoms with Gasteiger partial charge in [0.1, 0.15) is 4.21 Å². The smallest absolute Gasteiger partial charge is 0.252 e. The van der Waals surface area contributed by atoms with Crippen molar-refractivity contribution in [3.8, 4) is 0 Å². The molecular weight excluding hydrogens is 551 g/mol. The van der Waals surface area contributed by atoms with E-state index < -0.39 is 19.9 Å². The number of sulfone groups is 1. The summed E-state index contributed by atoms with van der Waals surface area (Å²) < 4.78 is 52.3. The van der Waals surface area contributed by atoms with Gasteiger partial charge in [-0.25, -0.2) is 21.8 Å². The molecule has 1 aliphatic heterocycles. The number of fused-ring (bicyclic) bond motifs is 1. The summed E-state index contributed by atoms with van der Waals surface area (Å²) in [5.74, 6) is -0.462. The lowest BCUT2D eigenvalue weighted by molar-refractivity contribution is -0.123. The number of piperidine rings is 1. The summed E-state index contributed by atoms with van der Waals surface area (Å²) in [4.78, 5) is 20.3. The van der Waals surface area contributed by atoms with Crippen molar-refractivity contribution in [2.24, 2.45) is 5.92 Å². The summed E-state index contributed by atoms with van der Waals surface area (Å²) >= 11 is 2.46. The number of carbonyl (C=O) groups excluding carboxylic acids is 1. The van der Waals surface area contributed by atoms with Gasteiger partial charge in [-0.05, 0) is 48.1 Å². The maximum atomic E-state index is 13.8. The SMILES string of the molecule is CS(=O)(=O)c1ccc2nc(N(Cc3ccccc3)C(=O)C3CCN(S(=O)(=O)c4cccs4)CC3)sc2c1. The second-order valence-corrected chi connectivity index (χ2v) is 15.1. The van der Waals surface area contributed by atoms with Crippen LogP contribution in [0.4, 0.5) is 5.13 Å². The van der Waals surface area contributed by atoms with Crippen molar-refractivity contribution < 1.29 is 21.6 Å². The average Bonchev–Trinajstić information content (AvgIpc) is 3.57. The zero-order valence-corrected chi connectivity index (χ0v) is 23.2. The van der Waals surface area contributed by atoms with Crippen LogP contribution in [-0.2, 0) is 31.2 Å².